The second-order valence-electron chi connectivity index (χ2n) is 4.13. The molecule has 0 aromatic carbocycles. The molecule has 1 N–H and O–H groups in total. The maximum atomic E-state index is 12.4. The number of nitrogens with zero attached hydrogens (tertiary/aromatic N) is 1. The third-order valence-electron chi connectivity index (χ3n) is 2.83. The van der Waals surface area contributed by atoms with E-state index < -0.39 is 55.6 Å². The lowest BCUT2D eigenvalue weighted by Gasteiger charge is -2.38. The molecule has 1 saturated heterocycles. The fraction of sp³-hybridized carbons (Fsp3) is 0.778. The minimum Gasteiger partial charge on any atom is -0.480 e. The Balaban J connectivity index is 2.98. The summed E-state index contributed by atoms with van der Waals surface area (Å²) in [6, 6.07) is -1.88. The second kappa shape index (κ2) is 4.89. The van der Waals surface area contributed by atoms with Gasteiger partial charge in [-0.05, 0) is 12.8 Å². The minimum atomic E-state index is -5.40. The topological polar surface area (TPSA) is 57.6 Å². The number of carbonyl (C=O) groups is 2. The van der Waals surface area contributed by atoms with Crippen molar-refractivity contribution < 1.29 is 41.0 Å². The number of amides is 1. The molecule has 1 heterocycles. The Kier molecular flexibility index (Phi) is 4.01. The molecule has 4 nitrogen and oxygen atoms in total. The Labute approximate surface area is 103 Å². The first-order valence-electron chi connectivity index (χ1n) is 5.12. The van der Waals surface area contributed by atoms with Crippen molar-refractivity contribution in [2.45, 2.75) is 31.2 Å². The van der Waals surface area contributed by atoms with Crippen LogP contribution >= 0.6 is 0 Å². The molecule has 0 aromatic rings. The number of carbonyl (C=O) groups excluding carboxylic acids is 1. The van der Waals surface area contributed by atoms with Gasteiger partial charge in [0.2, 0.25) is 0 Å². The molecule has 10 heteroatoms. The highest BCUT2D eigenvalue weighted by atomic mass is 19.4. The lowest BCUT2D eigenvalue weighted by atomic mass is 9.92. The van der Waals surface area contributed by atoms with Crippen LogP contribution in [0.2, 0.25) is 0 Å². The maximum absolute atomic E-state index is 12.4. The fourth-order valence-electron chi connectivity index (χ4n) is 1.88. The van der Waals surface area contributed by atoms with Crippen LogP contribution in [0.15, 0.2) is 0 Å². The van der Waals surface area contributed by atoms with E-state index in [1.165, 1.54) is 0 Å². The normalized spacial score (nSPS) is 25.3. The summed E-state index contributed by atoms with van der Waals surface area (Å²) in [5.74, 6) is -6.46. The van der Waals surface area contributed by atoms with Gasteiger partial charge in [-0.25, -0.2) is 4.79 Å². The minimum absolute atomic E-state index is 0.260. The van der Waals surface area contributed by atoms with E-state index >= 15 is 0 Å². The summed E-state index contributed by atoms with van der Waals surface area (Å²) in [6.07, 6.45) is -11.5. The third kappa shape index (κ3) is 3.51. The highest BCUT2D eigenvalue weighted by Gasteiger charge is 2.52. The molecule has 2 atom stereocenters. The van der Waals surface area contributed by atoms with Crippen LogP contribution in [0.4, 0.5) is 26.3 Å². The molecule has 0 radical (unpaired) electrons. The van der Waals surface area contributed by atoms with Crippen molar-refractivity contribution in [2.75, 3.05) is 6.54 Å². The number of hydrogen-bond acceptors (Lipinski definition) is 2. The van der Waals surface area contributed by atoms with Crippen molar-refractivity contribution in [1.29, 1.82) is 0 Å². The molecule has 0 spiro atoms. The van der Waals surface area contributed by atoms with Gasteiger partial charge >= 0.3 is 24.2 Å². The van der Waals surface area contributed by atoms with E-state index in [9.17, 15) is 35.9 Å². The molecule has 2 unspecified atom stereocenters. The number of likely N-dealkylation sites (tertiary alicyclic amines) is 1. The molecule has 1 amide bonds. The summed E-state index contributed by atoms with van der Waals surface area (Å²) in [6.45, 7) is -1.29. The van der Waals surface area contributed by atoms with Gasteiger partial charge in [-0.3, -0.25) is 4.79 Å². The molecule has 1 aliphatic rings. The van der Waals surface area contributed by atoms with E-state index in [1.54, 1.807) is 0 Å². The van der Waals surface area contributed by atoms with Crippen molar-refractivity contribution in [2.24, 2.45) is 5.92 Å². The second-order valence-corrected chi connectivity index (χ2v) is 4.13. The Morgan fingerprint density at radius 1 is 1.05 bits per heavy atom. The van der Waals surface area contributed by atoms with Gasteiger partial charge in [0.05, 0.1) is 5.92 Å². The lowest BCUT2D eigenvalue weighted by molar-refractivity contribution is -0.210. The average Bonchev–Trinajstić information content (AvgIpc) is 2.24. The number of carboxylic acid groups (broad SMARTS) is 1. The van der Waals surface area contributed by atoms with E-state index in [2.05, 4.69) is 0 Å². The van der Waals surface area contributed by atoms with Crippen LogP contribution < -0.4 is 0 Å². The molecular formula is C9H9F6NO3. The number of halogens is 6. The average molecular weight is 293 g/mol. The predicted molar refractivity (Wildman–Crippen MR) is 48.0 cm³/mol. The molecular weight excluding hydrogens is 284 g/mol. The standard InChI is InChI=1S/C9H9F6NO3/c10-8(11,12)4-1-2-5(6(17)18)16(3-4)7(19)9(13,14)15/h4-5H,1-3H2,(H,17,18). The van der Waals surface area contributed by atoms with Crippen LogP contribution in [0.5, 0.6) is 0 Å². The van der Waals surface area contributed by atoms with Crippen LogP contribution in [0, 0.1) is 5.92 Å². The van der Waals surface area contributed by atoms with Crippen LogP contribution in [0.1, 0.15) is 12.8 Å². The van der Waals surface area contributed by atoms with Crippen LogP contribution in [0.3, 0.4) is 0 Å². The highest BCUT2D eigenvalue weighted by molar-refractivity contribution is 5.87. The molecule has 19 heavy (non-hydrogen) atoms. The Bertz CT molecular complexity index is 377. The van der Waals surface area contributed by atoms with Gasteiger partial charge in [0.25, 0.3) is 0 Å². The SMILES string of the molecule is O=C(O)C1CCC(C(F)(F)F)CN1C(=O)C(F)(F)F. The highest BCUT2D eigenvalue weighted by Crippen LogP contribution is 2.36. The molecule has 1 fully saturated rings. The van der Waals surface area contributed by atoms with Gasteiger partial charge < -0.3 is 10.0 Å². The number of alkyl halides is 6. The van der Waals surface area contributed by atoms with Crippen molar-refractivity contribution in [3.63, 3.8) is 0 Å². The number of rotatable bonds is 1. The van der Waals surface area contributed by atoms with E-state index in [4.69, 9.17) is 5.11 Å². The zero-order valence-corrected chi connectivity index (χ0v) is 9.25. The number of carboxylic acids is 1. The summed E-state index contributed by atoms with van der Waals surface area (Å²) in [5, 5.41) is 8.67. The van der Waals surface area contributed by atoms with E-state index in [1.807, 2.05) is 0 Å². The van der Waals surface area contributed by atoms with Gasteiger partial charge in [0.15, 0.2) is 0 Å². The number of piperidine rings is 1. The van der Waals surface area contributed by atoms with Gasteiger partial charge in [-0.15, -0.1) is 0 Å². The first-order chi connectivity index (χ1) is 8.44. The first-order valence-corrected chi connectivity index (χ1v) is 5.12. The van der Waals surface area contributed by atoms with E-state index in [-0.39, 0.29) is 4.90 Å². The van der Waals surface area contributed by atoms with Crippen LogP contribution in [-0.2, 0) is 9.59 Å². The summed E-state index contributed by atoms with van der Waals surface area (Å²) in [4.78, 5) is 21.4. The molecule has 0 bridgehead atoms. The van der Waals surface area contributed by atoms with Gasteiger partial charge in [-0.1, -0.05) is 0 Å². The summed E-state index contributed by atoms with van der Waals surface area (Å²) < 4.78 is 74.0. The van der Waals surface area contributed by atoms with Gasteiger partial charge in [0, 0.05) is 6.54 Å². The molecule has 0 saturated carbocycles. The fourth-order valence-corrected chi connectivity index (χ4v) is 1.88. The lowest BCUT2D eigenvalue weighted by Crippen LogP contribution is -2.56. The van der Waals surface area contributed by atoms with E-state index in [0.29, 0.717) is 0 Å². The Hall–Kier alpha value is -1.48. The number of hydrogen-bond donors (Lipinski definition) is 1. The van der Waals surface area contributed by atoms with Crippen molar-refractivity contribution in [3.8, 4) is 0 Å². The Morgan fingerprint density at radius 3 is 1.95 bits per heavy atom. The van der Waals surface area contributed by atoms with Crippen molar-refractivity contribution in [3.05, 3.63) is 0 Å². The van der Waals surface area contributed by atoms with Crippen molar-refractivity contribution in [1.82, 2.24) is 4.90 Å². The molecule has 0 aromatic heterocycles. The monoisotopic (exact) mass is 293 g/mol. The largest absolute Gasteiger partial charge is 0.480 e. The Morgan fingerprint density at radius 2 is 1.58 bits per heavy atom. The molecule has 110 valence electrons. The van der Waals surface area contributed by atoms with Gasteiger partial charge in [0.1, 0.15) is 6.04 Å². The van der Waals surface area contributed by atoms with Crippen LogP contribution in [-0.4, -0.2) is 46.8 Å². The van der Waals surface area contributed by atoms with E-state index in [0.717, 1.165) is 0 Å². The zero-order chi connectivity index (χ0) is 15.0. The smallest absolute Gasteiger partial charge is 0.471 e. The van der Waals surface area contributed by atoms with Crippen molar-refractivity contribution >= 4 is 11.9 Å². The summed E-state index contributed by atoms with van der Waals surface area (Å²) in [5.41, 5.74) is 0. The summed E-state index contributed by atoms with van der Waals surface area (Å²) >= 11 is 0. The third-order valence-corrected chi connectivity index (χ3v) is 2.83. The predicted octanol–water partition coefficient (Wildman–Crippen LogP) is 1.80. The molecule has 1 rings (SSSR count). The quantitative estimate of drug-likeness (QED) is 0.750. The summed E-state index contributed by atoms with van der Waals surface area (Å²) in [7, 11) is 0. The number of aliphatic carboxylic acids is 1. The first kappa shape index (κ1) is 15.6. The van der Waals surface area contributed by atoms with Gasteiger partial charge in [-0.2, -0.15) is 26.3 Å². The van der Waals surface area contributed by atoms with Crippen LogP contribution in [0.25, 0.3) is 0 Å². The maximum Gasteiger partial charge on any atom is 0.471 e. The molecule has 0 aliphatic carbocycles. The zero-order valence-electron chi connectivity index (χ0n) is 9.25. The molecule has 1 aliphatic heterocycles.